The van der Waals surface area contributed by atoms with E-state index in [0.29, 0.717) is 11.7 Å². The van der Waals surface area contributed by atoms with Gasteiger partial charge >= 0.3 is 0 Å². The lowest BCUT2D eigenvalue weighted by Crippen LogP contribution is -2.34. The summed E-state index contributed by atoms with van der Waals surface area (Å²) >= 11 is 1.34. The second kappa shape index (κ2) is 10.3. The molecule has 1 aromatic carbocycles. The molecule has 0 aliphatic heterocycles. The van der Waals surface area contributed by atoms with Crippen molar-refractivity contribution in [3.05, 3.63) is 29.8 Å². The lowest BCUT2D eigenvalue weighted by Gasteiger charge is -2.14. The maximum absolute atomic E-state index is 11.8. The van der Waals surface area contributed by atoms with E-state index in [1.54, 1.807) is 0 Å². The van der Waals surface area contributed by atoms with Crippen LogP contribution in [0.5, 0.6) is 0 Å². The molecule has 0 bridgehead atoms. The van der Waals surface area contributed by atoms with Gasteiger partial charge in [-0.15, -0.1) is 11.8 Å². The number of hydrogen-bond acceptors (Lipinski definition) is 3. The molecular weight excluding hydrogens is 308 g/mol. The molecule has 1 unspecified atom stereocenters. The van der Waals surface area contributed by atoms with Crippen LogP contribution in [0.2, 0.25) is 0 Å². The summed E-state index contributed by atoms with van der Waals surface area (Å²) in [4.78, 5) is 23.7. The normalized spacial score (nSPS) is 12.0. The summed E-state index contributed by atoms with van der Waals surface area (Å²) in [6.45, 7) is 8.36. The Morgan fingerprint density at radius 1 is 1.09 bits per heavy atom. The SMILES string of the molecule is Cc1cccc(NC(=O)CSCC(=O)NC(C)CCC(C)C)c1. The van der Waals surface area contributed by atoms with Gasteiger partial charge in [-0.25, -0.2) is 0 Å². The first kappa shape index (κ1) is 19.6. The molecule has 1 aromatic rings. The number of carbonyl (C=O) groups is 2. The first-order valence-electron chi connectivity index (χ1n) is 8.10. The molecule has 0 heterocycles. The molecule has 0 saturated heterocycles. The number of nitrogens with one attached hydrogen (secondary N) is 2. The Hall–Kier alpha value is -1.49. The molecule has 0 fully saturated rings. The van der Waals surface area contributed by atoms with Crippen LogP contribution in [0.1, 0.15) is 39.2 Å². The molecule has 2 N–H and O–H groups in total. The van der Waals surface area contributed by atoms with Crippen molar-refractivity contribution in [3.8, 4) is 0 Å². The standard InChI is InChI=1S/C18H28N2O2S/c1-13(2)8-9-15(4)19-17(21)11-23-12-18(22)20-16-7-5-6-14(3)10-16/h5-7,10,13,15H,8-9,11-12H2,1-4H3,(H,19,21)(H,20,22). The Morgan fingerprint density at radius 3 is 2.43 bits per heavy atom. The minimum Gasteiger partial charge on any atom is -0.353 e. The number of thioether (sulfide) groups is 1. The highest BCUT2D eigenvalue weighted by molar-refractivity contribution is 8.00. The number of rotatable bonds is 9. The summed E-state index contributed by atoms with van der Waals surface area (Å²) in [6, 6.07) is 7.86. The van der Waals surface area contributed by atoms with Crippen LogP contribution in [0.3, 0.4) is 0 Å². The number of amides is 2. The number of hydrogen-bond donors (Lipinski definition) is 2. The average Bonchev–Trinajstić information content (AvgIpc) is 2.45. The van der Waals surface area contributed by atoms with E-state index in [1.165, 1.54) is 11.8 Å². The minimum atomic E-state index is -0.0822. The van der Waals surface area contributed by atoms with E-state index in [1.807, 2.05) is 38.1 Å². The van der Waals surface area contributed by atoms with Gasteiger partial charge in [0.25, 0.3) is 0 Å². The molecule has 5 heteroatoms. The third kappa shape index (κ3) is 9.29. The zero-order valence-electron chi connectivity index (χ0n) is 14.5. The van der Waals surface area contributed by atoms with E-state index in [4.69, 9.17) is 0 Å². The van der Waals surface area contributed by atoms with Crippen molar-refractivity contribution in [1.29, 1.82) is 0 Å². The zero-order chi connectivity index (χ0) is 17.2. The highest BCUT2D eigenvalue weighted by Crippen LogP contribution is 2.11. The molecule has 1 rings (SSSR count). The van der Waals surface area contributed by atoms with Crippen LogP contribution in [0.25, 0.3) is 0 Å². The Kier molecular flexibility index (Phi) is 8.77. The van der Waals surface area contributed by atoms with Gasteiger partial charge in [0.15, 0.2) is 0 Å². The summed E-state index contributed by atoms with van der Waals surface area (Å²) in [6.07, 6.45) is 2.09. The third-order valence-electron chi connectivity index (χ3n) is 3.35. The Labute approximate surface area is 143 Å². The van der Waals surface area contributed by atoms with E-state index >= 15 is 0 Å². The largest absolute Gasteiger partial charge is 0.353 e. The first-order valence-corrected chi connectivity index (χ1v) is 9.26. The molecule has 4 nitrogen and oxygen atoms in total. The Balaban J connectivity index is 2.20. The molecule has 0 radical (unpaired) electrons. The monoisotopic (exact) mass is 336 g/mol. The van der Waals surface area contributed by atoms with Crippen molar-refractivity contribution >= 4 is 29.3 Å². The fraction of sp³-hybridized carbons (Fsp3) is 0.556. The van der Waals surface area contributed by atoms with Crippen LogP contribution >= 0.6 is 11.8 Å². The highest BCUT2D eigenvalue weighted by atomic mass is 32.2. The summed E-state index contributed by atoms with van der Waals surface area (Å²) in [5.41, 5.74) is 1.90. The van der Waals surface area contributed by atoms with Crippen LogP contribution in [-0.2, 0) is 9.59 Å². The van der Waals surface area contributed by atoms with Crippen molar-refractivity contribution in [1.82, 2.24) is 5.32 Å². The molecule has 23 heavy (non-hydrogen) atoms. The molecular formula is C18H28N2O2S. The lowest BCUT2D eigenvalue weighted by atomic mass is 10.0. The van der Waals surface area contributed by atoms with Gasteiger partial charge in [0.2, 0.25) is 11.8 Å². The summed E-state index contributed by atoms with van der Waals surface area (Å²) in [5.74, 6) is 1.15. The lowest BCUT2D eigenvalue weighted by molar-refractivity contribution is -0.119. The third-order valence-corrected chi connectivity index (χ3v) is 4.29. The van der Waals surface area contributed by atoms with Crippen molar-refractivity contribution in [2.75, 3.05) is 16.8 Å². The van der Waals surface area contributed by atoms with Crippen LogP contribution in [0.4, 0.5) is 5.69 Å². The van der Waals surface area contributed by atoms with E-state index in [0.717, 1.165) is 24.1 Å². The number of anilines is 1. The number of benzene rings is 1. The second-order valence-electron chi connectivity index (χ2n) is 6.35. The molecule has 0 spiro atoms. The maximum Gasteiger partial charge on any atom is 0.234 e. The van der Waals surface area contributed by atoms with Gasteiger partial charge < -0.3 is 10.6 Å². The van der Waals surface area contributed by atoms with Crippen LogP contribution in [0.15, 0.2) is 24.3 Å². The minimum absolute atomic E-state index is 0.00499. The molecule has 0 aromatic heterocycles. The van der Waals surface area contributed by atoms with Crippen LogP contribution in [0, 0.1) is 12.8 Å². The number of carbonyl (C=O) groups excluding carboxylic acids is 2. The molecule has 1 atom stereocenters. The van der Waals surface area contributed by atoms with Gasteiger partial charge in [-0.3, -0.25) is 9.59 Å². The van der Waals surface area contributed by atoms with Gasteiger partial charge in [0.05, 0.1) is 11.5 Å². The Morgan fingerprint density at radius 2 is 1.78 bits per heavy atom. The smallest absolute Gasteiger partial charge is 0.234 e. The summed E-state index contributed by atoms with van der Waals surface area (Å²) in [7, 11) is 0. The van der Waals surface area contributed by atoms with Crippen molar-refractivity contribution < 1.29 is 9.59 Å². The first-order chi connectivity index (χ1) is 10.9. The quantitative estimate of drug-likeness (QED) is 0.724. The molecule has 2 amide bonds. The molecule has 128 valence electrons. The predicted molar refractivity (Wildman–Crippen MR) is 98.8 cm³/mol. The van der Waals surface area contributed by atoms with Gasteiger partial charge in [-0.05, 0) is 50.3 Å². The molecule has 0 aliphatic rings. The van der Waals surface area contributed by atoms with E-state index < -0.39 is 0 Å². The highest BCUT2D eigenvalue weighted by Gasteiger charge is 2.10. The molecule has 0 aliphatic carbocycles. The van der Waals surface area contributed by atoms with Gasteiger partial charge in [0, 0.05) is 11.7 Å². The average molecular weight is 337 g/mol. The van der Waals surface area contributed by atoms with Gasteiger partial charge in [-0.2, -0.15) is 0 Å². The Bertz CT molecular complexity index is 517. The van der Waals surface area contributed by atoms with Crippen molar-refractivity contribution in [3.63, 3.8) is 0 Å². The second-order valence-corrected chi connectivity index (χ2v) is 7.34. The fourth-order valence-corrected chi connectivity index (χ4v) is 2.76. The summed E-state index contributed by atoms with van der Waals surface area (Å²) < 4.78 is 0. The van der Waals surface area contributed by atoms with E-state index in [9.17, 15) is 9.59 Å². The predicted octanol–water partition coefficient (Wildman–Crippen LogP) is 3.61. The van der Waals surface area contributed by atoms with E-state index in [2.05, 4.69) is 24.5 Å². The van der Waals surface area contributed by atoms with Crippen molar-refractivity contribution in [2.24, 2.45) is 5.92 Å². The topological polar surface area (TPSA) is 58.2 Å². The van der Waals surface area contributed by atoms with Gasteiger partial charge in [0.1, 0.15) is 0 Å². The van der Waals surface area contributed by atoms with E-state index in [-0.39, 0.29) is 23.6 Å². The maximum atomic E-state index is 11.8. The van der Waals surface area contributed by atoms with Gasteiger partial charge in [-0.1, -0.05) is 26.0 Å². The van der Waals surface area contributed by atoms with Crippen LogP contribution < -0.4 is 10.6 Å². The zero-order valence-corrected chi connectivity index (χ0v) is 15.3. The number of aryl methyl sites for hydroxylation is 1. The fourth-order valence-electron chi connectivity index (χ4n) is 2.13. The van der Waals surface area contributed by atoms with Crippen LogP contribution in [-0.4, -0.2) is 29.4 Å². The van der Waals surface area contributed by atoms with Crippen molar-refractivity contribution in [2.45, 2.75) is 46.6 Å². The molecule has 0 saturated carbocycles. The summed E-state index contributed by atoms with van der Waals surface area (Å²) in [5, 5.41) is 5.81.